The monoisotopic (exact) mass is 284 g/mol. The maximum Gasteiger partial charge on any atom is 0.231 e. The van der Waals surface area contributed by atoms with E-state index in [-0.39, 0.29) is 6.79 Å². The lowest BCUT2D eigenvalue weighted by Gasteiger charge is -2.12. The molecule has 2 aliphatic rings. The predicted molar refractivity (Wildman–Crippen MR) is 77.9 cm³/mol. The van der Waals surface area contributed by atoms with E-state index in [1.54, 1.807) is 0 Å². The molecule has 0 bridgehead atoms. The molecule has 2 aromatic rings. The van der Waals surface area contributed by atoms with Gasteiger partial charge in [-0.2, -0.15) is 0 Å². The molecule has 1 aliphatic carbocycles. The van der Waals surface area contributed by atoms with E-state index in [0.717, 1.165) is 47.0 Å². The van der Waals surface area contributed by atoms with Crippen molar-refractivity contribution in [1.82, 2.24) is 9.97 Å². The third-order valence-electron chi connectivity index (χ3n) is 3.85. The largest absolute Gasteiger partial charge is 0.454 e. The van der Waals surface area contributed by atoms with Gasteiger partial charge in [-0.1, -0.05) is 0 Å². The van der Waals surface area contributed by atoms with Gasteiger partial charge in [0.2, 0.25) is 6.79 Å². The van der Waals surface area contributed by atoms with Crippen LogP contribution in [0.2, 0.25) is 0 Å². The number of fused-ring (bicyclic) bond motifs is 1. The average Bonchev–Trinajstić information content (AvgIpc) is 3.24. The van der Waals surface area contributed by atoms with E-state index >= 15 is 0 Å². The highest BCUT2D eigenvalue weighted by Gasteiger charge is 2.28. The Balaban J connectivity index is 1.86. The summed E-state index contributed by atoms with van der Waals surface area (Å²) in [5.41, 5.74) is 14.4. The molecule has 1 aromatic heterocycles. The fourth-order valence-electron chi connectivity index (χ4n) is 2.53. The van der Waals surface area contributed by atoms with Gasteiger partial charge in [0.05, 0.1) is 5.69 Å². The number of nitrogen functional groups attached to an aromatic ring is 1. The normalized spacial score (nSPS) is 16.2. The van der Waals surface area contributed by atoms with E-state index in [0.29, 0.717) is 18.3 Å². The Hall–Kier alpha value is -2.34. The van der Waals surface area contributed by atoms with Crippen LogP contribution in [0.25, 0.3) is 11.3 Å². The minimum atomic E-state index is 0.252. The van der Waals surface area contributed by atoms with E-state index in [9.17, 15) is 0 Å². The Labute approximate surface area is 122 Å². The van der Waals surface area contributed by atoms with Gasteiger partial charge in [0, 0.05) is 23.6 Å². The van der Waals surface area contributed by atoms with Crippen molar-refractivity contribution in [3.05, 3.63) is 29.6 Å². The maximum absolute atomic E-state index is 6.06. The first-order chi connectivity index (χ1) is 10.3. The number of nitrogens with two attached hydrogens (primary N) is 2. The van der Waals surface area contributed by atoms with Gasteiger partial charge in [0.25, 0.3) is 0 Å². The van der Waals surface area contributed by atoms with Crippen LogP contribution in [-0.2, 0) is 6.54 Å². The second-order valence-electron chi connectivity index (χ2n) is 5.34. The fourth-order valence-corrected chi connectivity index (χ4v) is 2.53. The summed E-state index contributed by atoms with van der Waals surface area (Å²) in [6, 6.07) is 5.75. The molecule has 4 N–H and O–H groups in total. The van der Waals surface area contributed by atoms with E-state index in [2.05, 4.69) is 4.98 Å². The number of aromatic nitrogens is 2. The van der Waals surface area contributed by atoms with Gasteiger partial charge >= 0.3 is 0 Å². The molecule has 6 nitrogen and oxygen atoms in total. The van der Waals surface area contributed by atoms with Gasteiger partial charge in [-0.05, 0) is 31.0 Å². The molecular formula is C15H16N4O2. The van der Waals surface area contributed by atoms with Crippen LogP contribution in [0.5, 0.6) is 11.5 Å². The number of hydrogen-bond acceptors (Lipinski definition) is 6. The third-order valence-corrected chi connectivity index (χ3v) is 3.85. The number of nitrogens with zero attached hydrogens (tertiary/aromatic N) is 2. The summed E-state index contributed by atoms with van der Waals surface area (Å²) in [7, 11) is 0. The zero-order valence-corrected chi connectivity index (χ0v) is 11.5. The van der Waals surface area contributed by atoms with E-state index in [4.69, 9.17) is 25.9 Å². The summed E-state index contributed by atoms with van der Waals surface area (Å²) in [5.74, 6) is 3.20. The molecule has 6 heteroatoms. The van der Waals surface area contributed by atoms with Crippen molar-refractivity contribution in [3.63, 3.8) is 0 Å². The Morgan fingerprint density at radius 2 is 1.95 bits per heavy atom. The molecule has 2 heterocycles. The molecule has 4 rings (SSSR count). The summed E-state index contributed by atoms with van der Waals surface area (Å²) >= 11 is 0. The van der Waals surface area contributed by atoms with Crippen LogP contribution in [0.4, 0.5) is 5.82 Å². The van der Waals surface area contributed by atoms with Crippen molar-refractivity contribution < 1.29 is 9.47 Å². The van der Waals surface area contributed by atoms with Gasteiger partial charge < -0.3 is 20.9 Å². The third kappa shape index (κ3) is 2.08. The first-order valence-corrected chi connectivity index (χ1v) is 7.02. The van der Waals surface area contributed by atoms with Crippen LogP contribution >= 0.6 is 0 Å². The summed E-state index contributed by atoms with van der Waals surface area (Å²) in [6.07, 6.45) is 2.25. The van der Waals surface area contributed by atoms with Crippen LogP contribution in [0, 0.1) is 0 Å². The molecule has 0 radical (unpaired) electrons. The Morgan fingerprint density at radius 1 is 1.14 bits per heavy atom. The van der Waals surface area contributed by atoms with Crippen molar-refractivity contribution in [2.75, 3.05) is 12.5 Å². The van der Waals surface area contributed by atoms with Gasteiger partial charge in [0.15, 0.2) is 11.5 Å². The van der Waals surface area contributed by atoms with E-state index < -0.39 is 0 Å². The molecular weight excluding hydrogens is 268 g/mol. The van der Waals surface area contributed by atoms with Gasteiger partial charge in [0.1, 0.15) is 11.6 Å². The van der Waals surface area contributed by atoms with Gasteiger partial charge in [-0.3, -0.25) is 0 Å². The van der Waals surface area contributed by atoms with Crippen LogP contribution in [0.1, 0.15) is 30.1 Å². The Morgan fingerprint density at radius 3 is 2.71 bits per heavy atom. The lowest BCUT2D eigenvalue weighted by atomic mass is 10.1. The minimum absolute atomic E-state index is 0.252. The summed E-state index contributed by atoms with van der Waals surface area (Å²) in [5, 5.41) is 0. The molecule has 0 saturated heterocycles. The highest BCUT2D eigenvalue weighted by Crippen LogP contribution is 2.41. The van der Waals surface area contributed by atoms with Crippen molar-refractivity contribution in [2.24, 2.45) is 5.73 Å². The summed E-state index contributed by atoms with van der Waals surface area (Å²) in [6.45, 7) is 0.558. The summed E-state index contributed by atoms with van der Waals surface area (Å²) in [4.78, 5) is 9.09. The number of anilines is 1. The maximum atomic E-state index is 6.06. The van der Waals surface area contributed by atoms with Crippen LogP contribution in [0.15, 0.2) is 18.2 Å². The molecule has 1 aromatic carbocycles. The van der Waals surface area contributed by atoms with Gasteiger partial charge in [-0.15, -0.1) is 0 Å². The molecule has 0 amide bonds. The fraction of sp³-hybridized carbons (Fsp3) is 0.333. The minimum Gasteiger partial charge on any atom is -0.454 e. The second-order valence-corrected chi connectivity index (χ2v) is 5.34. The van der Waals surface area contributed by atoms with Crippen molar-refractivity contribution in [2.45, 2.75) is 25.3 Å². The van der Waals surface area contributed by atoms with E-state index in [1.165, 1.54) is 0 Å². The van der Waals surface area contributed by atoms with Crippen molar-refractivity contribution >= 4 is 5.82 Å². The average molecular weight is 284 g/mol. The predicted octanol–water partition coefficient (Wildman–Crippen LogP) is 1.79. The lowest BCUT2D eigenvalue weighted by molar-refractivity contribution is 0.174. The van der Waals surface area contributed by atoms with E-state index in [1.807, 2.05) is 18.2 Å². The molecule has 1 aliphatic heterocycles. The molecule has 108 valence electrons. The smallest absolute Gasteiger partial charge is 0.231 e. The SMILES string of the molecule is NCc1c(N)nc(C2CC2)nc1-c1ccc2c(c1)OCO2. The topological polar surface area (TPSA) is 96.3 Å². The zero-order chi connectivity index (χ0) is 14.4. The molecule has 1 fully saturated rings. The first-order valence-electron chi connectivity index (χ1n) is 7.02. The molecule has 0 spiro atoms. The quantitative estimate of drug-likeness (QED) is 0.892. The van der Waals surface area contributed by atoms with Crippen molar-refractivity contribution in [1.29, 1.82) is 0 Å². The van der Waals surface area contributed by atoms with Crippen LogP contribution in [0.3, 0.4) is 0 Å². The van der Waals surface area contributed by atoms with Crippen LogP contribution in [-0.4, -0.2) is 16.8 Å². The second kappa shape index (κ2) is 4.60. The molecule has 1 saturated carbocycles. The highest BCUT2D eigenvalue weighted by atomic mass is 16.7. The van der Waals surface area contributed by atoms with Crippen molar-refractivity contribution in [3.8, 4) is 22.8 Å². The number of hydrogen-bond donors (Lipinski definition) is 2. The number of ether oxygens (including phenoxy) is 2. The molecule has 0 atom stereocenters. The first kappa shape index (κ1) is 12.4. The number of benzene rings is 1. The highest BCUT2D eigenvalue weighted by molar-refractivity contribution is 5.70. The number of rotatable bonds is 3. The summed E-state index contributed by atoms with van der Waals surface area (Å²) < 4.78 is 10.8. The standard InChI is InChI=1S/C15H16N4O2/c16-6-10-13(18-15(8-1-2-8)19-14(10)17)9-3-4-11-12(5-9)21-7-20-11/h3-5,8H,1-2,6-7,16H2,(H2,17,18,19). The Kier molecular flexibility index (Phi) is 2.71. The molecule has 0 unspecified atom stereocenters. The van der Waals surface area contributed by atoms with Gasteiger partial charge in [-0.25, -0.2) is 9.97 Å². The molecule has 21 heavy (non-hydrogen) atoms. The zero-order valence-electron chi connectivity index (χ0n) is 11.5. The van der Waals surface area contributed by atoms with Crippen LogP contribution < -0.4 is 20.9 Å². The Bertz CT molecular complexity index is 713. The lowest BCUT2D eigenvalue weighted by Crippen LogP contribution is -2.10.